The quantitative estimate of drug-likeness (QED) is 0.378. The highest BCUT2D eigenvalue weighted by molar-refractivity contribution is 5.90. The molecule has 1 heterocycles. The number of aromatic nitrogens is 1. The van der Waals surface area contributed by atoms with Gasteiger partial charge in [0.2, 0.25) is 5.89 Å². The number of fused-ring (bicyclic) bond motifs is 1. The minimum absolute atomic E-state index is 0.629. The van der Waals surface area contributed by atoms with Crippen LogP contribution in [0.5, 0.6) is 0 Å². The molecule has 0 amide bonds. The Labute approximate surface area is 163 Å². The summed E-state index contributed by atoms with van der Waals surface area (Å²) < 4.78 is 6.08. The molecule has 0 aliphatic rings. The van der Waals surface area contributed by atoms with Crippen LogP contribution in [0.25, 0.3) is 33.7 Å². The van der Waals surface area contributed by atoms with Gasteiger partial charge in [0.05, 0.1) is 5.69 Å². The molecule has 0 atom stereocenters. The fourth-order valence-electron chi connectivity index (χ4n) is 3.28. The molecule has 5 aromatic rings. The van der Waals surface area contributed by atoms with Gasteiger partial charge in [0, 0.05) is 11.3 Å². The van der Waals surface area contributed by atoms with Crippen molar-refractivity contribution in [1.82, 2.24) is 4.98 Å². The first-order chi connectivity index (χ1) is 13.9. The van der Waals surface area contributed by atoms with Gasteiger partial charge in [0.25, 0.3) is 0 Å². The normalized spacial score (nSPS) is 10.9. The molecule has 5 rings (SSSR count). The van der Waals surface area contributed by atoms with Crippen molar-refractivity contribution in [3.63, 3.8) is 0 Å². The highest BCUT2D eigenvalue weighted by atomic mass is 16.3. The zero-order valence-corrected chi connectivity index (χ0v) is 15.2. The van der Waals surface area contributed by atoms with E-state index in [1.165, 1.54) is 11.1 Å². The number of nitrogens with zero attached hydrogens (tertiary/aromatic N) is 1. The average Bonchev–Trinajstić information content (AvgIpc) is 3.21. The maximum Gasteiger partial charge on any atom is 0.227 e. The summed E-state index contributed by atoms with van der Waals surface area (Å²) in [5, 5.41) is 3.46. The van der Waals surface area contributed by atoms with Crippen LogP contribution in [0.15, 0.2) is 108 Å². The molecular formula is C25H18N2O. The Balaban J connectivity index is 1.46. The van der Waals surface area contributed by atoms with E-state index >= 15 is 0 Å². The van der Waals surface area contributed by atoms with E-state index in [4.69, 9.17) is 4.42 Å². The van der Waals surface area contributed by atoms with Crippen molar-refractivity contribution in [1.29, 1.82) is 0 Å². The smallest absolute Gasteiger partial charge is 0.227 e. The van der Waals surface area contributed by atoms with Gasteiger partial charge in [0.15, 0.2) is 5.58 Å². The lowest BCUT2D eigenvalue weighted by atomic mass is 10.1. The van der Waals surface area contributed by atoms with Crippen molar-refractivity contribution in [2.75, 3.05) is 5.32 Å². The molecule has 0 radical (unpaired) electrons. The molecule has 3 heteroatoms. The Kier molecular flexibility index (Phi) is 4.11. The Morgan fingerprint density at radius 3 is 1.93 bits per heavy atom. The van der Waals surface area contributed by atoms with E-state index in [2.05, 4.69) is 58.8 Å². The van der Waals surface area contributed by atoms with Crippen LogP contribution in [0.4, 0.5) is 11.4 Å². The highest BCUT2D eigenvalue weighted by Gasteiger charge is 2.11. The van der Waals surface area contributed by atoms with Gasteiger partial charge in [-0.1, -0.05) is 66.7 Å². The number of benzene rings is 4. The van der Waals surface area contributed by atoms with Gasteiger partial charge in [-0.15, -0.1) is 0 Å². The molecule has 0 aliphatic heterocycles. The van der Waals surface area contributed by atoms with Gasteiger partial charge in [-0.05, 0) is 47.5 Å². The molecule has 1 N–H and O–H groups in total. The third-order valence-electron chi connectivity index (χ3n) is 4.71. The van der Waals surface area contributed by atoms with Crippen molar-refractivity contribution < 1.29 is 4.42 Å². The first-order valence-electron chi connectivity index (χ1n) is 9.24. The summed E-state index contributed by atoms with van der Waals surface area (Å²) in [5.74, 6) is 0.629. The Bertz CT molecular complexity index is 1210. The predicted molar refractivity (Wildman–Crippen MR) is 115 cm³/mol. The molecule has 0 spiro atoms. The monoisotopic (exact) mass is 362 g/mol. The minimum Gasteiger partial charge on any atom is -0.434 e. The van der Waals surface area contributed by atoms with E-state index in [1.54, 1.807) is 0 Å². The number of rotatable bonds is 4. The number of nitrogens with one attached hydrogen (secondary N) is 1. The molecule has 1 aromatic heterocycles. The fourth-order valence-corrected chi connectivity index (χ4v) is 3.28. The second-order valence-electron chi connectivity index (χ2n) is 6.61. The highest BCUT2D eigenvalue weighted by Crippen LogP contribution is 2.31. The topological polar surface area (TPSA) is 38.1 Å². The lowest BCUT2D eigenvalue weighted by molar-refractivity contribution is 0.621. The molecule has 3 nitrogen and oxygen atoms in total. The van der Waals surface area contributed by atoms with Crippen molar-refractivity contribution in [3.05, 3.63) is 103 Å². The maximum absolute atomic E-state index is 6.08. The predicted octanol–water partition coefficient (Wildman–Crippen LogP) is 6.91. The summed E-state index contributed by atoms with van der Waals surface area (Å²) in [5.41, 5.74) is 6.87. The summed E-state index contributed by atoms with van der Waals surface area (Å²) in [6.45, 7) is 0. The Morgan fingerprint density at radius 1 is 0.571 bits per heavy atom. The lowest BCUT2D eigenvalue weighted by Crippen LogP contribution is -1.90. The molecule has 0 saturated heterocycles. The van der Waals surface area contributed by atoms with E-state index in [0.29, 0.717) is 5.89 Å². The van der Waals surface area contributed by atoms with Crippen molar-refractivity contribution in [2.45, 2.75) is 0 Å². The van der Waals surface area contributed by atoms with E-state index in [-0.39, 0.29) is 0 Å². The maximum atomic E-state index is 6.08. The number of anilines is 2. The van der Waals surface area contributed by atoms with Crippen LogP contribution in [0, 0.1) is 0 Å². The zero-order chi connectivity index (χ0) is 18.8. The molecule has 0 fully saturated rings. The minimum atomic E-state index is 0.629. The molecule has 0 unspecified atom stereocenters. The van der Waals surface area contributed by atoms with Gasteiger partial charge in [-0.3, -0.25) is 0 Å². The summed E-state index contributed by atoms with van der Waals surface area (Å²) >= 11 is 0. The fraction of sp³-hybridized carbons (Fsp3) is 0. The standard InChI is InChI=1S/C25H18N2O/c1-3-8-18(9-4-1)19-14-16-21(17-15-19)26-22-12-7-13-23-24(22)28-25(27-23)20-10-5-2-6-11-20/h1-17,26H. The number of para-hydroxylation sites is 1. The third kappa shape index (κ3) is 3.14. The molecular weight excluding hydrogens is 344 g/mol. The van der Waals surface area contributed by atoms with Crippen molar-refractivity contribution >= 4 is 22.5 Å². The van der Waals surface area contributed by atoms with Crippen LogP contribution in [0.3, 0.4) is 0 Å². The van der Waals surface area contributed by atoms with Gasteiger partial charge in [-0.2, -0.15) is 0 Å². The van der Waals surface area contributed by atoms with Crippen molar-refractivity contribution in [3.8, 4) is 22.6 Å². The zero-order valence-electron chi connectivity index (χ0n) is 15.2. The number of hydrogen-bond acceptors (Lipinski definition) is 3. The van der Waals surface area contributed by atoms with Gasteiger partial charge < -0.3 is 9.73 Å². The first-order valence-corrected chi connectivity index (χ1v) is 9.24. The largest absolute Gasteiger partial charge is 0.434 e. The van der Waals surface area contributed by atoms with Gasteiger partial charge >= 0.3 is 0 Å². The van der Waals surface area contributed by atoms with Gasteiger partial charge in [-0.25, -0.2) is 4.98 Å². The van der Waals surface area contributed by atoms with Crippen LogP contribution in [-0.4, -0.2) is 4.98 Å². The summed E-state index contributed by atoms with van der Waals surface area (Å²) in [6.07, 6.45) is 0. The van der Waals surface area contributed by atoms with E-state index < -0.39 is 0 Å². The lowest BCUT2D eigenvalue weighted by Gasteiger charge is -2.08. The molecule has 28 heavy (non-hydrogen) atoms. The van der Waals surface area contributed by atoms with Crippen LogP contribution in [0.2, 0.25) is 0 Å². The van der Waals surface area contributed by atoms with E-state index in [9.17, 15) is 0 Å². The summed E-state index contributed by atoms with van der Waals surface area (Å²) in [6, 6.07) is 34.7. The molecule has 134 valence electrons. The van der Waals surface area contributed by atoms with Crippen LogP contribution < -0.4 is 5.32 Å². The summed E-state index contributed by atoms with van der Waals surface area (Å²) in [7, 11) is 0. The van der Waals surface area contributed by atoms with Crippen LogP contribution in [-0.2, 0) is 0 Å². The first kappa shape index (κ1) is 16.3. The Hall–Kier alpha value is -3.85. The number of hydrogen-bond donors (Lipinski definition) is 1. The molecule has 0 bridgehead atoms. The average molecular weight is 362 g/mol. The third-order valence-corrected chi connectivity index (χ3v) is 4.71. The number of oxazole rings is 1. The molecule has 4 aromatic carbocycles. The van der Waals surface area contributed by atoms with E-state index in [1.807, 2.05) is 54.6 Å². The second-order valence-corrected chi connectivity index (χ2v) is 6.61. The second kappa shape index (κ2) is 7.05. The molecule has 0 saturated carbocycles. The molecule has 0 aliphatic carbocycles. The van der Waals surface area contributed by atoms with Gasteiger partial charge in [0.1, 0.15) is 5.52 Å². The SMILES string of the molecule is c1ccc(-c2ccc(Nc3cccc4nc(-c5ccccc5)oc34)cc2)cc1. The Morgan fingerprint density at radius 2 is 1.21 bits per heavy atom. The van der Waals surface area contributed by atoms with Crippen molar-refractivity contribution in [2.24, 2.45) is 0 Å². The van der Waals surface area contributed by atoms with Crippen LogP contribution in [0.1, 0.15) is 0 Å². The summed E-state index contributed by atoms with van der Waals surface area (Å²) in [4.78, 5) is 4.63. The van der Waals surface area contributed by atoms with Crippen LogP contribution >= 0.6 is 0 Å². The van der Waals surface area contributed by atoms with E-state index in [0.717, 1.165) is 28.0 Å².